The van der Waals surface area contributed by atoms with Crippen LogP contribution in [0.1, 0.15) is 43.5 Å². The lowest BCUT2D eigenvalue weighted by atomic mass is 10.0. The number of pyridine rings is 1. The van der Waals surface area contributed by atoms with E-state index in [1.807, 2.05) is 18.3 Å². The minimum atomic E-state index is 0.253. The number of aryl methyl sites for hydroxylation is 1. The molecule has 0 radical (unpaired) electrons. The average Bonchev–Trinajstić information content (AvgIpc) is 3.26. The molecule has 3 aromatic heterocycles. The third kappa shape index (κ3) is 3.40. The number of nitrogens with zero attached hydrogens (tertiary/aromatic N) is 4. The molecule has 0 spiro atoms. The fourth-order valence-electron chi connectivity index (χ4n) is 4.27. The van der Waals surface area contributed by atoms with E-state index in [-0.39, 0.29) is 6.04 Å². The summed E-state index contributed by atoms with van der Waals surface area (Å²) in [5.41, 5.74) is 11.6. The lowest BCUT2D eigenvalue weighted by Crippen LogP contribution is -2.23. The summed E-state index contributed by atoms with van der Waals surface area (Å²) in [5.74, 6) is 0.528. The molecule has 1 atom stereocenters. The minimum absolute atomic E-state index is 0.253. The van der Waals surface area contributed by atoms with Crippen molar-refractivity contribution in [1.82, 2.24) is 19.7 Å². The van der Waals surface area contributed by atoms with Gasteiger partial charge in [-0.1, -0.05) is 11.3 Å². The fourth-order valence-corrected chi connectivity index (χ4v) is 5.41. The van der Waals surface area contributed by atoms with Crippen LogP contribution in [0, 0.1) is 0 Å². The van der Waals surface area contributed by atoms with Gasteiger partial charge < -0.3 is 15.8 Å². The van der Waals surface area contributed by atoms with Crippen LogP contribution in [0.3, 0.4) is 0 Å². The van der Waals surface area contributed by atoms with Crippen molar-refractivity contribution in [1.29, 1.82) is 0 Å². The monoisotopic (exact) mass is 410 g/mol. The minimum Gasteiger partial charge on any atom is -0.384 e. The van der Waals surface area contributed by atoms with Gasteiger partial charge in [-0.25, -0.2) is 9.97 Å². The first-order valence-corrected chi connectivity index (χ1v) is 11.2. The molecule has 3 aromatic rings. The number of hydrogen-bond donors (Lipinski definition) is 2. The molecule has 8 heteroatoms. The summed E-state index contributed by atoms with van der Waals surface area (Å²) in [7, 11) is 0. The summed E-state index contributed by atoms with van der Waals surface area (Å²) >= 11 is 1.75. The van der Waals surface area contributed by atoms with Crippen LogP contribution in [0.15, 0.2) is 18.3 Å². The Balaban J connectivity index is 1.69. The fraction of sp³-hybridized carbons (Fsp3) is 0.476. The van der Waals surface area contributed by atoms with Crippen molar-refractivity contribution in [3.63, 3.8) is 0 Å². The number of thiazole rings is 1. The number of aromatic nitrogens is 4. The van der Waals surface area contributed by atoms with E-state index in [9.17, 15) is 0 Å². The van der Waals surface area contributed by atoms with Gasteiger partial charge in [0.15, 0.2) is 5.13 Å². The highest BCUT2D eigenvalue weighted by Crippen LogP contribution is 2.43. The highest BCUT2D eigenvalue weighted by Gasteiger charge is 2.31. The van der Waals surface area contributed by atoms with Gasteiger partial charge in [-0.2, -0.15) is 5.10 Å². The van der Waals surface area contributed by atoms with E-state index in [1.165, 1.54) is 21.8 Å². The molecular weight excluding hydrogens is 384 g/mol. The van der Waals surface area contributed by atoms with Crippen LogP contribution in [0.4, 0.5) is 10.9 Å². The molecule has 1 fully saturated rings. The second kappa shape index (κ2) is 7.76. The quantitative estimate of drug-likeness (QED) is 0.677. The first-order chi connectivity index (χ1) is 14.2. The van der Waals surface area contributed by atoms with Crippen molar-refractivity contribution < 1.29 is 4.74 Å². The lowest BCUT2D eigenvalue weighted by Gasteiger charge is -2.24. The largest absolute Gasteiger partial charge is 0.384 e. The summed E-state index contributed by atoms with van der Waals surface area (Å²) in [6.45, 7) is 4.53. The maximum atomic E-state index is 5.82. The predicted octanol–water partition coefficient (Wildman–Crippen LogP) is 3.92. The van der Waals surface area contributed by atoms with Gasteiger partial charge in [-0.3, -0.25) is 4.68 Å². The second-order valence-electron chi connectivity index (χ2n) is 7.64. The average molecular weight is 411 g/mol. The summed E-state index contributed by atoms with van der Waals surface area (Å²) in [6, 6.07) is 4.13. The van der Waals surface area contributed by atoms with E-state index >= 15 is 0 Å². The zero-order valence-corrected chi connectivity index (χ0v) is 17.5. The number of ether oxygens (including phenoxy) is 1. The number of nitrogens with two attached hydrogens (primary N) is 1. The van der Waals surface area contributed by atoms with Crippen LogP contribution in [-0.4, -0.2) is 39.5 Å². The standard InChI is InChI=1S/C21H26N6OS/c1-2-23-21-25-16-7-3-6-15-18(13-8-9-17(22)24-11-13)26-27(19(15)20(16)29-21)14-5-4-10-28-12-14/h8-9,11,14H,2-7,10,12H2,1H3,(H2,22,24)(H,23,25). The summed E-state index contributed by atoms with van der Waals surface area (Å²) in [5, 5.41) is 9.51. The maximum absolute atomic E-state index is 5.82. The Kier molecular flexibility index (Phi) is 4.97. The van der Waals surface area contributed by atoms with Gasteiger partial charge in [0.05, 0.1) is 34.6 Å². The van der Waals surface area contributed by atoms with Crippen molar-refractivity contribution in [3.05, 3.63) is 29.6 Å². The van der Waals surface area contributed by atoms with Crippen LogP contribution in [-0.2, 0) is 17.6 Å². The van der Waals surface area contributed by atoms with Crippen LogP contribution < -0.4 is 11.1 Å². The number of fused-ring (bicyclic) bond motifs is 3. The van der Waals surface area contributed by atoms with Gasteiger partial charge in [0.25, 0.3) is 0 Å². The predicted molar refractivity (Wildman–Crippen MR) is 116 cm³/mol. The van der Waals surface area contributed by atoms with E-state index in [1.54, 1.807) is 11.3 Å². The smallest absolute Gasteiger partial charge is 0.183 e. The van der Waals surface area contributed by atoms with Gasteiger partial charge in [0.2, 0.25) is 0 Å². The highest BCUT2D eigenvalue weighted by molar-refractivity contribution is 7.19. The number of anilines is 2. The molecule has 29 heavy (non-hydrogen) atoms. The van der Waals surface area contributed by atoms with E-state index in [0.717, 1.165) is 61.6 Å². The molecule has 4 heterocycles. The van der Waals surface area contributed by atoms with Crippen molar-refractivity contribution >= 4 is 22.3 Å². The number of rotatable bonds is 4. The molecule has 7 nitrogen and oxygen atoms in total. The molecule has 0 saturated carbocycles. The molecule has 2 aliphatic rings. The molecule has 152 valence electrons. The van der Waals surface area contributed by atoms with Gasteiger partial charge in [-0.05, 0) is 51.2 Å². The van der Waals surface area contributed by atoms with E-state index in [0.29, 0.717) is 12.4 Å². The molecule has 1 unspecified atom stereocenters. The Morgan fingerprint density at radius 2 is 2.24 bits per heavy atom. The summed E-state index contributed by atoms with van der Waals surface area (Å²) in [6.07, 6.45) is 7.03. The molecule has 1 aliphatic carbocycles. The zero-order chi connectivity index (χ0) is 19.8. The van der Waals surface area contributed by atoms with Crippen molar-refractivity contribution in [2.75, 3.05) is 30.8 Å². The summed E-state index contributed by atoms with van der Waals surface area (Å²) in [4.78, 5) is 10.4. The third-order valence-electron chi connectivity index (χ3n) is 5.63. The van der Waals surface area contributed by atoms with Crippen LogP contribution in [0.5, 0.6) is 0 Å². The first-order valence-electron chi connectivity index (χ1n) is 10.4. The van der Waals surface area contributed by atoms with Crippen LogP contribution >= 0.6 is 11.3 Å². The Hall–Kier alpha value is -2.45. The maximum Gasteiger partial charge on any atom is 0.183 e. The number of nitrogen functional groups attached to an aromatic ring is 1. The van der Waals surface area contributed by atoms with Gasteiger partial charge in [0, 0.05) is 30.5 Å². The first kappa shape index (κ1) is 18.6. The number of hydrogen-bond acceptors (Lipinski definition) is 7. The zero-order valence-electron chi connectivity index (χ0n) is 16.6. The van der Waals surface area contributed by atoms with Gasteiger partial charge in [0.1, 0.15) is 5.82 Å². The topological polar surface area (TPSA) is 90.9 Å². The Labute approximate surface area is 174 Å². The van der Waals surface area contributed by atoms with Gasteiger partial charge in [-0.15, -0.1) is 0 Å². The molecular formula is C21H26N6OS. The van der Waals surface area contributed by atoms with Crippen LogP contribution in [0.2, 0.25) is 0 Å². The molecule has 1 saturated heterocycles. The Morgan fingerprint density at radius 3 is 3.00 bits per heavy atom. The molecule has 0 amide bonds. The third-order valence-corrected chi connectivity index (χ3v) is 6.69. The van der Waals surface area contributed by atoms with Crippen LogP contribution in [0.25, 0.3) is 21.8 Å². The normalized spacial score (nSPS) is 18.7. The van der Waals surface area contributed by atoms with E-state index in [2.05, 4.69) is 21.9 Å². The Morgan fingerprint density at radius 1 is 1.31 bits per heavy atom. The second-order valence-corrected chi connectivity index (χ2v) is 8.64. The summed E-state index contributed by atoms with van der Waals surface area (Å²) < 4.78 is 8.03. The van der Waals surface area contributed by atoms with E-state index < -0.39 is 0 Å². The molecule has 0 aromatic carbocycles. The molecule has 3 N–H and O–H groups in total. The SMILES string of the molecule is CCNc1nc2c(s1)-c1c(c(-c3ccc(N)nc3)nn1C1CCCOC1)CCC2. The molecule has 1 aliphatic heterocycles. The lowest BCUT2D eigenvalue weighted by molar-refractivity contribution is 0.0556. The molecule has 0 bridgehead atoms. The van der Waals surface area contributed by atoms with Crippen molar-refractivity contribution in [3.8, 4) is 21.8 Å². The van der Waals surface area contributed by atoms with E-state index in [4.69, 9.17) is 20.6 Å². The Bertz CT molecular complexity index is 1000. The van der Waals surface area contributed by atoms with Crippen molar-refractivity contribution in [2.24, 2.45) is 0 Å². The van der Waals surface area contributed by atoms with Crippen molar-refractivity contribution in [2.45, 2.75) is 45.1 Å². The highest BCUT2D eigenvalue weighted by atomic mass is 32.1. The number of nitrogens with one attached hydrogen (secondary N) is 1. The molecule has 5 rings (SSSR count). The van der Waals surface area contributed by atoms with Gasteiger partial charge >= 0.3 is 0 Å².